The monoisotopic (exact) mass is 266 g/mol. The second kappa shape index (κ2) is 5.57. The Kier molecular flexibility index (Phi) is 4.04. The third-order valence-corrected chi connectivity index (χ3v) is 3.88. The fourth-order valence-corrected chi connectivity index (χ4v) is 2.69. The average molecular weight is 266 g/mol. The van der Waals surface area contributed by atoms with E-state index in [9.17, 15) is 9.18 Å². The van der Waals surface area contributed by atoms with Crippen LogP contribution in [-0.2, 0) is 10.2 Å². The largest absolute Gasteiger partial charge is 0.496 e. The van der Waals surface area contributed by atoms with Crippen molar-refractivity contribution in [1.82, 2.24) is 5.32 Å². The van der Waals surface area contributed by atoms with Crippen LogP contribution >= 0.6 is 0 Å². The Morgan fingerprint density at radius 2 is 2.26 bits per heavy atom. The highest BCUT2D eigenvalue weighted by Gasteiger charge is 2.35. The molecule has 1 unspecified atom stereocenters. The van der Waals surface area contributed by atoms with Gasteiger partial charge in [0, 0.05) is 30.5 Å². The van der Waals surface area contributed by atoms with Crippen LogP contribution in [0, 0.1) is 5.82 Å². The van der Waals surface area contributed by atoms with Crippen LogP contribution in [0.5, 0.6) is 5.75 Å². The number of hydrogen-bond donors (Lipinski definition) is 2. The number of nitrogens with one attached hydrogen (secondary N) is 1. The van der Waals surface area contributed by atoms with Crippen LogP contribution in [0.15, 0.2) is 18.2 Å². The van der Waals surface area contributed by atoms with E-state index in [0.29, 0.717) is 38.1 Å². The summed E-state index contributed by atoms with van der Waals surface area (Å²) in [7, 11) is 1.56. The number of benzene rings is 1. The Hall–Kier alpha value is -1.62. The Morgan fingerprint density at radius 1 is 1.47 bits per heavy atom. The topological polar surface area (TPSA) is 64.3 Å². The minimum absolute atomic E-state index is 0.0192. The summed E-state index contributed by atoms with van der Waals surface area (Å²) in [4.78, 5) is 11.5. The molecule has 3 N–H and O–H groups in total. The molecular weight excluding hydrogens is 247 g/mol. The van der Waals surface area contributed by atoms with Crippen LogP contribution in [0.4, 0.5) is 4.39 Å². The number of halogens is 1. The van der Waals surface area contributed by atoms with Gasteiger partial charge in [-0.3, -0.25) is 4.79 Å². The van der Waals surface area contributed by atoms with Crippen molar-refractivity contribution >= 4 is 5.91 Å². The second-order valence-corrected chi connectivity index (χ2v) is 4.93. The zero-order valence-corrected chi connectivity index (χ0v) is 11.0. The van der Waals surface area contributed by atoms with Crippen molar-refractivity contribution in [3.05, 3.63) is 29.6 Å². The molecule has 1 atom stereocenters. The third kappa shape index (κ3) is 2.71. The van der Waals surface area contributed by atoms with Crippen molar-refractivity contribution < 1.29 is 13.9 Å². The number of amides is 1. The molecule has 1 aliphatic rings. The van der Waals surface area contributed by atoms with Gasteiger partial charge in [-0.2, -0.15) is 0 Å². The number of methoxy groups -OCH3 is 1. The first-order valence-corrected chi connectivity index (χ1v) is 6.42. The van der Waals surface area contributed by atoms with Gasteiger partial charge in [0.2, 0.25) is 5.91 Å². The predicted molar refractivity (Wildman–Crippen MR) is 70.5 cm³/mol. The average Bonchev–Trinajstić information content (AvgIpc) is 2.61. The van der Waals surface area contributed by atoms with E-state index in [1.807, 2.05) is 0 Å². The van der Waals surface area contributed by atoms with Crippen LogP contribution in [0.25, 0.3) is 0 Å². The van der Waals surface area contributed by atoms with Gasteiger partial charge in [0.1, 0.15) is 11.6 Å². The molecule has 1 aromatic carbocycles. The molecule has 1 saturated heterocycles. The fraction of sp³-hybridized carbons (Fsp3) is 0.500. The summed E-state index contributed by atoms with van der Waals surface area (Å²) in [5, 5.41) is 2.83. The van der Waals surface area contributed by atoms with Crippen LogP contribution in [0.2, 0.25) is 0 Å². The molecule has 1 amide bonds. The van der Waals surface area contributed by atoms with E-state index in [0.717, 1.165) is 5.56 Å². The van der Waals surface area contributed by atoms with Gasteiger partial charge >= 0.3 is 0 Å². The first-order chi connectivity index (χ1) is 9.11. The normalized spacial score (nSPS) is 23.6. The third-order valence-electron chi connectivity index (χ3n) is 3.88. The smallest absolute Gasteiger partial charge is 0.220 e. The number of carbonyl (C=O) groups is 1. The summed E-state index contributed by atoms with van der Waals surface area (Å²) in [6.45, 7) is 0.914. The highest BCUT2D eigenvalue weighted by Crippen LogP contribution is 2.39. The van der Waals surface area contributed by atoms with Crippen molar-refractivity contribution in [3.8, 4) is 5.75 Å². The molecule has 0 aromatic heterocycles. The summed E-state index contributed by atoms with van der Waals surface area (Å²) in [5.74, 6) is 0.332. The first-order valence-electron chi connectivity index (χ1n) is 6.42. The molecule has 4 nitrogen and oxygen atoms in total. The van der Waals surface area contributed by atoms with E-state index < -0.39 is 5.41 Å². The minimum atomic E-state index is -0.410. The predicted octanol–water partition coefficient (Wildman–Crippen LogP) is 1.33. The second-order valence-electron chi connectivity index (χ2n) is 4.93. The Labute approximate surface area is 112 Å². The minimum Gasteiger partial charge on any atom is -0.496 e. The van der Waals surface area contributed by atoms with Crippen LogP contribution in [0.1, 0.15) is 24.8 Å². The number of nitrogens with two attached hydrogens (primary N) is 1. The van der Waals surface area contributed by atoms with E-state index >= 15 is 0 Å². The molecule has 0 spiro atoms. The fourth-order valence-electron chi connectivity index (χ4n) is 2.69. The number of ether oxygens (including phenoxy) is 1. The zero-order chi connectivity index (χ0) is 13.9. The van der Waals surface area contributed by atoms with E-state index in [1.54, 1.807) is 13.2 Å². The van der Waals surface area contributed by atoms with Crippen molar-refractivity contribution in [3.63, 3.8) is 0 Å². The number of rotatable bonds is 3. The van der Waals surface area contributed by atoms with Crippen molar-refractivity contribution in [2.24, 2.45) is 5.73 Å². The van der Waals surface area contributed by atoms with Gasteiger partial charge in [-0.25, -0.2) is 4.39 Å². The lowest BCUT2D eigenvalue weighted by atomic mass is 9.74. The van der Waals surface area contributed by atoms with Crippen LogP contribution < -0.4 is 15.8 Å². The van der Waals surface area contributed by atoms with Crippen molar-refractivity contribution in [1.29, 1.82) is 0 Å². The van der Waals surface area contributed by atoms with E-state index in [1.165, 1.54) is 12.1 Å². The van der Waals surface area contributed by atoms with Gasteiger partial charge in [0.05, 0.1) is 7.11 Å². The molecule has 1 aromatic rings. The number of carbonyl (C=O) groups excluding carboxylic acids is 1. The maximum atomic E-state index is 13.5. The molecule has 1 fully saturated rings. The molecule has 1 heterocycles. The summed E-state index contributed by atoms with van der Waals surface area (Å²) in [6, 6.07) is 4.45. The molecule has 0 bridgehead atoms. The SMILES string of the molecule is COc1ccc(F)cc1C1(CN)CCNC(=O)CC1. The van der Waals surface area contributed by atoms with Gasteiger partial charge < -0.3 is 15.8 Å². The molecule has 0 saturated carbocycles. The highest BCUT2D eigenvalue weighted by molar-refractivity contribution is 5.76. The maximum absolute atomic E-state index is 13.5. The molecule has 104 valence electrons. The molecule has 5 heteroatoms. The Bertz CT molecular complexity index is 479. The number of hydrogen-bond acceptors (Lipinski definition) is 3. The van der Waals surface area contributed by atoms with Crippen LogP contribution in [0.3, 0.4) is 0 Å². The Balaban J connectivity index is 2.45. The lowest BCUT2D eigenvalue weighted by molar-refractivity contribution is -0.120. The maximum Gasteiger partial charge on any atom is 0.220 e. The van der Waals surface area contributed by atoms with Gasteiger partial charge in [-0.1, -0.05) is 0 Å². The molecule has 2 rings (SSSR count). The highest BCUT2D eigenvalue weighted by atomic mass is 19.1. The summed E-state index contributed by atoms with van der Waals surface area (Å²) >= 11 is 0. The first kappa shape index (κ1) is 13.8. The molecule has 0 aliphatic carbocycles. The van der Waals surface area contributed by atoms with E-state index in [-0.39, 0.29) is 11.7 Å². The summed E-state index contributed by atoms with van der Waals surface area (Å²) in [6.07, 6.45) is 1.70. The summed E-state index contributed by atoms with van der Waals surface area (Å²) < 4.78 is 18.9. The Morgan fingerprint density at radius 3 is 2.95 bits per heavy atom. The molecular formula is C14H19FN2O2. The van der Waals surface area contributed by atoms with Gasteiger partial charge in [0.15, 0.2) is 0 Å². The zero-order valence-electron chi connectivity index (χ0n) is 11.0. The van der Waals surface area contributed by atoms with Gasteiger partial charge in [-0.15, -0.1) is 0 Å². The van der Waals surface area contributed by atoms with Gasteiger partial charge in [0.25, 0.3) is 0 Å². The lowest BCUT2D eigenvalue weighted by Gasteiger charge is -2.32. The van der Waals surface area contributed by atoms with Crippen molar-refractivity contribution in [2.75, 3.05) is 20.2 Å². The van der Waals surface area contributed by atoms with Crippen molar-refractivity contribution in [2.45, 2.75) is 24.7 Å². The van der Waals surface area contributed by atoms with E-state index in [2.05, 4.69) is 5.32 Å². The lowest BCUT2D eigenvalue weighted by Crippen LogP contribution is -2.36. The molecule has 1 aliphatic heterocycles. The molecule has 19 heavy (non-hydrogen) atoms. The van der Waals surface area contributed by atoms with Crippen LogP contribution in [-0.4, -0.2) is 26.1 Å². The van der Waals surface area contributed by atoms with E-state index in [4.69, 9.17) is 10.5 Å². The standard InChI is InChI=1S/C14H19FN2O2/c1-19-12-3-2-10(15)8-11(12)14(9-16)5-4-13(18)17-7-6-14/h2-3,8H,4-7,9,16H2,1H3,(H,17,18). The van der Waals surface area contributed by atoms with Gasteiger partial charge in [-0.05, 0) is 31.0 Å². The molecule has 0 radical (unpaired) electrons. The quantitative estimate of drug-likeness (QED) is 0.867. The summed E-state index contributed by atoms with van der Waals surface area (Å²) in [5.41, 5.74) is 6.29.